The highest BCUT2D eigenvalue weighted by atomic mass is 35.5. The van der Waals surface area contributed by atoms with E-state index in [4.69, 9.17) is 27.9 Å². The number of nitrogens with zero attached hydrogens (tertiary/aromatic N) is 3. The van der Waals surface area contributed by atoms with Crippen molar-refractivity contribution in [1.29, 1.82) is 0 Å². The smallest absolute Gasteiger partial charge is 0.324 e. The minimum Gasteiger partial charge on any atom is -0.490 e. The molecular weight excluding hydrogens is 397 g/mol. The largest absolute Gasteiger partial charge is 0.490 e. The van der Waals surface area contributed by atoms with Gasteiger partial charge in [-0.2, -0.15) is 0 Å². The molecule has 0 unspecified atom stereocenters. The van der Waals surface area contributed by atoms with Crippen molar-refractivity contribution < 1.29 is 9.53 Å². The van der Waals surface area contributed by atoms with Crippen LogP contribution in [0.4, 0.5) is 10.5 Å². The molecule has 1 fully saturated rings. The molecule has 28 heavy (non-hydrogen) atoms. The Morgan fingerprint density at radius 3 is 2.57 bits per heavy atom. The topological polar surface area (TPSA) is 45.7 Å². The van der Waals surface area contributed by atoms with Crippen molar-refractivity contribution in [2.24, 2.45) is 0 Å². The molecule has 1 aliphatic heterocycles. The molecular formula is C21H25Cl2N3O2. The van der Waals surface area contributed by atoms with E-state index in [2.05, 4.69) is 4.98 Å². The first-order chi connectivity index (χ1) is 13.6. The van der Waals surface area contributed by atoms with Gasteiger partial charge in [0.25, 0.3) is 0 Å². The van der Waals surface area contributed by atoms with Crippen molar-refractivity contribution >= 4 is 34.9 Å². The number of ether oxygens (including phenoxy) is 1. The second kappa shape index (κ2) is 9.99. The van der Waals surface area contributed by atoms with E-state index in [9.17, 15) is 4.79 Å². The first-order valence-electron chi connectivity index (χ1n) is 9.61. The second-order valence-corrected chi connectivity index (χ2v) is 7.77. The Labute approximate surface area is 176 Å². The number of amides is 2. The van der Waals surface area contributed by atoms with Crippen molar-refractivity contribution in [3.05, 3.63) is 52.3 Å². The molecule has 1 aromatic heterocycles. The Bertz CT molecular complexity index is 778. The summed E-state index contributed by atoms with van der Waals surface area (Å²) in [4.78, 5) is 20.3. The summed E-state index contributed by atoms with van der Waals surface area (Å²) in [5, 5.41) is 1.10. The lowest BCUT2D eigenvalue weighted by molar-refractivity contribution is 0.219. The van der Waals surface area contributed by atoms with Gasteiger partial charge >= 0.3 is 6.03 Å². The number of aromatic nitrogens is 1. The Morgan fingerprint density at radius 2 is 1.86 bits per heavy atom. The fraction of sp³-hybridized carbons (Fsp3) is 0.429. The number of unbranched alkanes of at least 4 members (excludes halogenated alkanes) is 3. The van der Waals surface area contributed by atoms with Crippen LogP contribution in [0.2, 0.25) is 10.0 Å². The van der Waals surface area contributed by atoms with Crippen molar-refractivity contribution in [3.63, 3.8) is 0 Å². The van der Waals surface area contributed by atoms with E-state index in [0.29, 0.717) is 22.4 Å². The van der Waals surface area contributed by atoms with Crippen LogP contribution in [0, 0.1) is 6.92 Å². The highest BCUT2D eigenvalue weighted by Crippen LogP contribution is 2.34. The number of urea groups is 1. The Hall–Kier alpha value is -1.98. The standard InChI is InChI=1S/C21H25Cl2N3O2/c1-16-13-18(22)20(19(23)14-16)28-12-5-3-2-4-9-25-10-11-26(21(25)27)17-7-6-8-24-15-17/h6-8,13-15H,2-5,9-12H2,1H3. The Morgan fingerprint density at radius 1 is 1.11 bits per heavy atom. The minimum atomic E-state index is 0.0694. The number of benzene rings is 1. The fourth-order valence-electron chi connectivity index (χ4n) is 3.30. The van der Waals surface area contributed by atoms with E-state index >= 15 is 0 Å². The molecule has 0 aliphatic carbocycles. The van der Waals surface area contributed by atoms with E-state index in [0.717, 1.165) is 56.6 Å². The van der Waals surface area contributed by atoms with Gasteiger partial charge in [0.1, 0.15) is 0 Å². The van der Waals surface area contributed by atoms with Gasteiger partial charge in [-0.3, -0.25) is 9.88 Å². The van der Waals surface area contributed by atoms with Gasteiger partial charge < -0.3 is 9.64 Å². The molecule has 150 valence electrons. The lowest BCUT2D eigenvalue weighted by Gasteiger charge is -2.18. The molecule has 1 aromatic carbocycles. The van der Waals surface area contributed by atoms with E-state index in [1.165, 1.54) is 0 Å². The summed E-state index contributed by atoms with van der Waals surface area (Å²) >= 11 is 12.4. The molecule has 0 radical (unpaired) electrons. The molecule has 0 N–H and O–H groups in total. The maximum absolute atomic E-state index is 12.5. The van der Waals surface area contributed by atoms with Crippen LogP contribution in [0.3, 0.4) is 0 Å². The van der Waals surface area contributed by atoms with Crippen LogP contribution in [0.25, 0.3) is 0 Å². The van der Waals surface area contributed by atoms with Crippen LogP contribution >= 0.6 is 23.2 Å². The van der Waals surface area contributed by atoms with Gasteiger partial charge in [-0.1, -0.05) is 36.0 Å². The predicted octanol–water partition coefficient (Wildman–Crippen LogP) is 5.58. The maximum atomic E-state index is 12.5. The number of halogens is 2. The van der Waals surface area contributed by atoms with Crippen molar-refractivity contribution in [1.82, 2.24) is 9.88 Å². The van der Waals surface area contributed by atoms with E-state index in [1.807, 2.05) is 36.1 Å². The molecule has 1 aliphatic rings. The third-order valence-corrected chi connectivity index (χ3v) is 5.33. The zero-order valence-corrected chi connectivity index (χ0v) is 17.5. The summed E-state index contributed by atoms with van der Waals surface area (Å²) in [6, 6.07) is 7.54. The maximum Gasteiger partial charge on any atom is 0.324 e. The molecule has 2 aromatic rings. The predicted molar refractivity (Wildman–Crippen MR) is 114 cm³/mol. The van der Waals surface area contributed by atoms with Crippen molar-refractivity contribution in [2.75, 3.05) is 31.1 Å². The van der Waals surface area contributed by atoms with Crippen LogP contribution in [0.1, 0.15) is 31.2 Å². The summed E-state index contributed by atoms with van der Waals surface area (Å²) in [6.45, 7) is 4.80. The quantitative estimate of drug-likeness (QED) is 0.496. The van der Waals surface area contributed by atoms with Crippen LogP contribution in [-0.2, 0) is 0 Å². The van der Waals surface area contributed by atoms with E-state index in [-0.39, 0.29) is 6.03 Å². The summed E-state index contributed by atoms with van der Waals surface area (Å²) < 4.78 is 5.74. The molecule has 0 saturated carbocycles. The van der Waals surface area contributed by atoms with Crippen molar-refractivity contribution in [2.45, 2.75) is 32.6 Å². The third-order valence-electron chi connectivity index (χ3n) is 4.76. The summed E-state index contributed by atoms with van der Waals surface area (Å²) in [6.07, 6.45) is 7.44. The molecule has 0 bridgehead atoms. The molecule has 3 rings (SSSR count). The lowest BCUT2D eigenvalue weighted by Crippen LogP contribution is -2.32. The normalized spacial score (nSPS) is 14.0. The first-order valence-corrected chi connectivity index (χ1v) is 10.4. The Balaban J connectivity index is 1.32. The highest BCUT2D eigenvalue weighted by molar-refractivity contribution is 6.37. The highest BCUT2D eigenvalue weighted by Gasteiger charge is 2.28. The molecule has 2 amide bonds. The van der Waals surface area contributed by atoms with Gasteiger partial charge in [-0.25, -0.2) is 4.79 Å². The number of hydrogen-bond acceptors (Lipinski definition) is 3. The first kappa shape index (κ1) is 20.7. The number of hydrogen-bond donors (Lipinski definition) is 0. The zero-order valence-electron chi connectivity index (χ0n) is 16.0. The molecule has 2 heterocycles. The SMILES string of the molecule is Cc1cc(Cl)c(OCCCCCCN2CCN(c3cccnc3)C2=O)c(Cl)c1. The van der Waals surface area contributed by atoms with Crippen LogP contribution in [-0.4, -0.2) is 42.2 Å². The molecule has 0 atom stereocenters. The summed E-state index contributed by atoms with van der Waals surface area (Å²) in [7, 11) is 0. The molecule has 7 heteroatoms. The average Bonchev–Trinajstić information content (AvgIpc) is 3.04. The minimum absolute atomic E-state index is 0.0694. The monoisotopic (exact) mass is 421 g/mol. The summed E-state index contributed by atoms with van der Waals surface area (Å²) in [5.41, 5.74) is 1.88. The fourth-order valence-corrected chi connectivity index (χ4v) is 4.01. The molecule has 0 spiro atoms. The number of pyridine rings is 1. The van der Waals surface area contributed by atoms with Gasteiger partial charge in [0.05, 0.1) is 28.5 Å². The average molecular weight is 422 g/mol. The second-order valence-electron chi connectivity index (χ2n) is 6.95. The van der Waals surface area contributed by atoms with E-state index in [1.54, 1.807) is 17.3 Å². The lowest BCUT2D eigenvalue weighted by atomic mass is 10.2. The van der Waals surface area contributed by atoms with Crippen molar-refractivity contribution in [3.8, 4) is 5.75 Å². The van der Waals surface area contributed by atoms with Gasteiger partial charge in [0.15, 0.2) is 5.75 Å². The number of aryl methyl sites for hydroxylation is 1. The summed E-state index contributed by atoms with van der Waals surface area (Å²) in [5.74, 6) is 0.562. The number of anilines is 1. The van der Waals surface area contributed by atoms with Crippen LogP contribution < -0.4 is 9.64 Å². The van der Waals surface area contributed by atoms with Gasteiger partial charge in [0.2, 0.25) is 0 Å². The van der Waals surface area contributed by atoms with E-state index < -0.39 is 0 Å². The number of carbonyl (C=O) groups excluding carboxylic acids is 1. The number of rotatable bonds is 9. The molecule has 1 saturated heterocycles. The van der Waals surface area contributed by atoms with Crippen LogP contribution in [0.5, 0.6) is 5.75 Å². The van der Waals surface area contributed by atoms with Gasteiger partial charge in [-0.15, -0.1) is 0 Å². The van der Waals surface area contributed by atoms with Gasteiger partial charge in [0, 0.05) is 25.8 Å². The third kappa shape index (κ3) is 5.30. The molecule has 5 nitrogen and oxygen atoms in total. The van der Waals surface area contributed by atoms with Gasteiger partial charge in [-0.05, 0) is 49.6 Å². The Kier molecular flexibility index (Phi) is 7.40. The number of carbonyl (C=O) groups is 1. The van der Waals surface area contributed by atoms with Crippen LogP contribution in [0.15, 0.2) is 36.7 Å². The zero-order chi connectivity index (χ0) is 19.9.